The van der Waals surface area contributed by atoms with E-state index in [9.17, 15) is 19.7 Å². The molecule has 2 rings (SSSR count). The van der Waals surface area contributed by atoms with Gasteiger partial charge in [0.15, 0.2) is 6.10 Å². The molecule has 1 amide bonds. The number of para-hydroxylation sites is 1. The highest BCUT2D eigenvalue weighted by molar-refractivity contribution is 5.97. The van der Waals surface area contributed by atoms with Gasteiger partial charge in [0.25, 0.3) is 11.6 Å². The molecule has 0 fully saturated rings. The van der Waals surface area contributed by atoms with Crippen LogP contribution in [0.5, 0.6) is 0 Å². The van der Waals surface area contributed by atoms with E-state index < -0.39 is 22.9 Å². The Morgan fingerprint density at radius 2 is 1.76 bits per heavy atom. The number of hydrogen-bond donors (Lipinski definition) is 1. The van der Waals surface area contributed by atoms with Gasteiger partial charge >= 0.3 is 5.97 Å². The third kappa shape index (κ3) is 6.00. The quantitative estimate of drug-likeness (QED) is 0.319. The molecule has 0 saturated heterocycles. The maximum Gasteiger partial charge on any atom is 0.331 e. The number of aryl methyl sites for hydroxylation is 1. The lowest BCUT2D eigenvalue weighted by Crippen LogP contribution is -2.30. The third-order valence-corrected chi connectivity index (χ3v) is 4.35. The van der Waals surface area contributed by atoms with Crippen molar-refractivity contribution >= 4 is 29.3 Å². The predicted octanol–water partition coefficient (Wildman–Crippen LogP) is 4.61. The van der Waals surface area contributed by atoms with Crippen LogP contribution in [0.25, 0.3) is 6.08 Å². The molecule has 0 aliphatic rings. The van der Waals surface area contributed by atoms with E-state index in [1.165, 1.54) is 43.3 Å². The predicted molar refractivity (Wildman–Crippen MR) is 112 cm³/mol. The van der Waals surface area contributed by atoms with Crippen molar-refractivity contribution in [1.29, 1.82) is 0 Å². The monoisotopic (exact) mass is 396 g/mol. The Morgan fingerprint density at radius 1 is 1.10 bits per heavy atom. The van der Waals surface area contributed by atoms with Gasteiger partial charge in [-0.15, -0.1) is 0 Å². The summed E-state index contributed by atoms with van der Waals surface area (Å²) in [5.41, 5.74) is 3.24. The van der Waals surface area contributed by atoms with Crippen LogP contribution in [0.2, 0.25) is 0 Å². The minimum Gasteiger partial charge on any atom is -0.449 e. The SMILES string of the molecule is Cc1cccc(C(C)C)c1NC(=O)[C@H](C)OC(=O)/C=C/c1ccc([N+](=O)[O-])cc1. The van der Waals surface area contributed by atoms with E-state index in [-0.39, 0.29) is 11.6 Å². The number of nitro benzene ring substituents is 1. The van der Waals surface area contributed by atoms with E-state index >= 15 is 0 Å². The highest BCUT2D eigenvalue weighted by atomic mass is 16.6. The van der Waals surface area contributed by atoms with Crippen molar-refractivity contribution in [2.75, 3.05) is 5.32 Å². The number of esters is 1. The largest absolute Gasteiger partial charge is 0.449 e. The van der Waals surface area contributed by atoms with Crippen LogP contribution in [0.15, 0.2) is 48.5 Å². The van der Waals surface area contributed by atoms with Gasteiger partial charge in [-0.1, -0.05) is 32.0 Å². The molecular formula is C22H24N2O5. The number of nitro groups is 1. The molecule has 7 heteroatoms. The van der Waals surface area contributed by atoms with E-state index in [2.05, 4.69) is 5.32 Å². The van der Waals surface area contributed by atoms with Crippen LogP contribution < -0.4 is 5.32 Å². The fraction of sp³-hybridized carbons (Fsp3) is 0.273. The van der Waals surface area contributed by atoms with Crippen LogP contribution in [-0.2, 0) is 14.3 Å². The molecule has 1 atom stereocenters. The molecule has 0 spiro atoms. The van der Waals surface area contributed by atoms with Crippen LogP contribution in [0, 0.1) is 17.0 Å². The Kier molecular flexibility index (Phi) is 7.25. The van der Waals surface area contributed by atoms with Gasteiger partial charge in [-0.3, -0.25) is 14.9 Å². The highest BCUT2D eigenvalue weighted by Gasteiger charge is 2.19. The Balaban J connectivity index is 1.99. The fourth-order valence-electron chi connectivity index (χ4n) is 2.71. The van der Waals surface area contributed by atoms with Crippen LogP contribution in [0.1, 0.15) is 43.4 Å². The molecule has 0 bridgehead atoms. The zero-order chi connectivity index (χ0) is 21.6. The van der Waals surface area contributed by atoms with Crippen LogP contribution >= 0.6 is 0 Å². The first-order valence-electron chi connectivity index (χ1n) is 9.22. The summed E-state index contributed by atoms with van der Waals surface area (Å²) in [6, 6.07) is 11.5. The van der Waals surface area contributed by atoms with Crippen LogP contribution in [0.3, 0.4) is 0 Å². The lowest BCUT2D eigenvalue weighted by Gasteiger charge is -2.18. The number of benzene rings is 2. The molecule has 0 aliphatic carbocycles. The van der Waals surface area contributed by atoms with Crippen molar-refractivity contribution in [3.05, 3.63) is 75.3 Å². The van der Waals surface area contributed by atoms with E-state index in [0.29, 0.717) is 5.56 Å². The van der Waals surface area contributed by atoms with Gasteiger partial charge in [0.1, 0.15) is 0 Å². The van der Waals surface area contributed by atoms with Gasteiger partial charge in [-0.05, 0) is 54.7 Å². The maximum atomic E-state index is 12.5. The first-order chi connectivity index (χ1) is 13.7. The number of anilines is 1. The third-order valence-electron chi connectivity index (χ3n) is 4.35. The number of nitrogens with zero attached hydrogens (tertiary/aromatic N) is 1. The minimum absolute atomic E-state index is 0.0352. The van der Waals surface area contributed by atoms with E-state index in [4.69, 9.17) is 4.74 Å². The topological polar surface area (TPSA) is 98.5 Å². The molecule has 0 aromatic heterocycles. The standard InChI is InChI=1S/C22H24N2O5/c1-14(2)19-7-5-6-15(3)21(19)23-22(26)16(4)29-20(25)13-10-17-8-11-18(12-9-17)24(27)28/h5-14,16H,1-4H3,(H,23,26)/b13-10+/t16-/m0/s1. The molecule has 0 saturated carbocycles. The molecular weight excluding hydrogens is 372 g/mol. The molecule has 2 aromatic rings. The average molecular weight is 396 g/mol. The average Bonchev–Trinajstić information content (AvgIpc) is 2.67. The van der Waals surface area contributed by atoms with Gasteiger partial charge in [0.2, 0.25) is 0 Å². The highest BCUT2D eigenvalue weighted by Crippen LogP contribution is 2.27. The lowest BCUT2D eigenvalue weighted by molar-refractivity contribution is -0.384. The Morgan fingerprint density at radius 3 is 2.34 bits per heavy atom. The first-order valence-corrected chi connectivity index (χ1v) is 9.22. The molecule has 152 valence electrons. The zero-order valence-electron chi connectivity index (χ0n) is 16.8. The molecule has 0 radical (unpaired) electrons. The van der Waals surface area contributed by atoms with E-state index in [0.717, 1.165) is 16.8 Å². The Bertz CT molecular complexity index is 933. The summed E-state index contributed by atoms with van der Waals surface area (Å²) >= 11 is 0. The van der Waals surface area contributed by atoms with Crippen molar-refractivity contribution in [2.45, 2.75) is 39.7 Å². The molecule has 1 N–H and O–H groups in total. The number of carbonyl (C=O) groups is 2. The second-order valence-electron chi connectivity index (χ2n) is 6.94. The van der Waals surface area contributed by atoms with Gasteiger partial charge < -0.3 is 10.1 Å². The Hall–Kier alpha value is -3.48. The summed E-state index contributed by atoms with van der Waals surface area (Å²) in [5.74, 6) is -0.870. The van der Waals surface area contributed by atoms with E-state index in [1.54, 1.807) is 0 Å². The summed E-state index contributed by atoms with van der Waals surface area (Å²) in [5, 5.41) is 13.5. The van der Waals surface area contributed by atoms with Gasteiger partial charge in [-0.25, -0.2) is 4.79 Å². The first kappa shape index (κ1) is 21.8. The lowest BCUT2D eigenvalue weighted by atomic mass is 9.98. The van der Waals surface area contributed by atoms with Gasteiger partial charge in [0.05, 0.1) is 4.92 Å². The fourth-order valence-corrected chi connectivity index (χ4v) is 2.71. The number of amides is 1. The summed E-state index contributed by atoms with van der Waals surface area (Å²) in [6.07, 6.45) is 1.66. The van der Waals surface area contributed by atoms with Crippen molar-refractivity contribution in [1.82, 2.24) is 0 Å². The number of carbonyl (C=O) groups excluding carboxylic acids is 2. The number of hydrogen-bond acceptors (Lipinski definition) is 5. The van der Waals surface area contributed by atoms with Gasteiger partial charge in [0, 0.05) is 23.9 Å². The van der Waals surface area contributed by atoms with Crippen molar-refractivity contribution < 1.29 is 19.2 Å². The van der Waals surface area contributed by atoms with Crippen LogP contribution in [0.4, 0.5) is 11.4 Å². The number of ether oxygens (including phenoxy) is 1. The number of non-ortho nitro benzene ring substituents is 1. The second kappa shape index (κ2) is 9.64. The number of nitrogens with one attached hydrogen (secondary N) is 1. The Labute approximate surface area is 169 Å². The molecule has 7 nitrogen and oxygen atoms in total. The smallest absolute Gasteiger partial charge is 0.331 e. The number of rotatable bonds is 7. The van der Waals surface area contributed by atoms with Crippen molar-refractivity contribution in [2.24, 2.45) is 0 Å². The molecule has 29 heavy (non-hydrogen) atoms. The van der Waals surface area contributed by atoms with E-state index in [1.807, 2.05) is 39.0 Å². The second-order valence-corrected chi connectivity index (χ2v) is 6.94. The minimum atomic E-state index is -0.983. The molecule has 2 aromatic carbocycles. The molecule has 0 heterocycles. The summed E-state index contributed by atoms with van der Waals surface area (Å²) in [6.45, 7) is 7.49. The molecule has 0 unspecified atom stereocenters. The summed E-state index contributed by atoms with van der Waals surface area (Å²) < 4.78 is 5.16. The molecule has 0 aliphatic heterocycles. The van der Waals surface area contributed by atoms with Crippen LogP contribution in [-0.4, -0.2) is 22.9 Å². The normalized spacial score (nSPS) is 12.0. The maximum absolute atomic E-state index is 12.5. The zero-order valence-corrected chi connectivity index (χ0v) is 16.8. The summed E-state index contributed by atoms with van der Waals surface area (Å²) in [4.78, 5) is 34.6. The van der Waals surface area contributed by atoms with Gasteiger partial charge in [-0.2, -0.15) is 0 Å². The van der Waals surface area contributed by atoms with Crippen molar-refractivity contribution in [3.8, 4) is 0 Å². The van der Waals surface area contributed by atoms with Crippen molar-refractivity contribution in [3.63, 3.8) is 0 Å². The summed E-state index contributed by atoms with van der Waals surface area (Å²) in [7, 11) is 0.